The third-order valence-corrected chi connectivity index (χ3v) is 6.32. The Balaban J connectivity index is 2.04. The monoisotopic (exact) mass is 382 g/mol. The van der Waals surface area contributed by atoms with E-state index in [9.17, 15) is 19.8 Å². The van der Waals surface area contributed by atoms with Crippen LogP contribution in [0, 0.1) is 17.8 Å². The molecule has 6 nitrogen and oxygen atoms in total. The highest BCUT2D eigenvalue weighted by atomic mass is 35.5. The number of aliphatic hydroxyl groups is 2. The molecule has 7 atom stereocenters. The minimum absolute atomic E-state index is 0.182. The fraction of sp³-hybridized carbons (Fsp3) is 0.579. The van der Waals surface area contributed by atoms with Gasteiger partial charge < -0.3 is 19.7 Å². The molecule has 2 saturated carbocycles. The van der Waals surface area contributed by atoms with Crippen molar-refractivity contribution in [2.45, 2.75) is 43.7 Å². The van der Waals surface area contributed by atoms with Crippen molar-refractivity contribution in [3.8, 4) is 0 Å². The number of aliphatic hydroxyl groups excluding tert-OH is 1. The van der Waals surface area contributed by atoms with Crippen molar-refractivity contribution >= 4 is 23.5 Å². The Kier molecular flexibility index (Phi) is 4.80. The van der Waals surface area contributed by atoms with E-state index < -0.39 is 47.7 Å². The van der Waals surface area contributed by atoms with Crippen LogP contribution in [-0.2, 0) is 19.1 Å². The summed E-state index contributed by atoms with van der Waals surface area (Å²) in [7, 11) is 0. The van der Waals surface area contributed by atoms with Gasteiger partial charge in [-0.15, -0.1) is 11.6 Å². The molecule has 3 fully saturated rings. The van der Waals surface area contributed by atoms with Crippen LogP contribution in [0.1, 0.15) is 19.8 Å². The number of halogens is 1. The smallest absolute Gasteiger partial charge is 0.334 e. The molecule has 3 aliphatic rings. The lowest BCUT2D eigenvalue weighted by atomic mass is 9.76. The van der Waals surface area contributed by atoms with E-state index in [1.165, 1.54) is 6.92 Å². The van der Waals surface area contributed by atoms with Crippen molar-refractivity contribution < 1.29 is 29.3 Å². The Hall–Kier alpha value is -1.63. The molecule has 0 amide bonds. The van der Waals surface area contributed by atoms with Gasteiger partial charge in [0.05, 0.1) is 17.9 Å². The zero-order chi connectivity index (χ0) is 19.4. The van der Waals surface area contributed by atoms with Crippen LogP contribution >= 0.6 is 11.6 Å². The standard InChI is InChI=1S/C19H23ClO6/c1-8(2)17(22)25-12-5-9(3)11-6-13(21)19(24,7-20)15(11)16-14(12)10(4)18(23)26-16/h11-16,21,24H,1,3-7H2,2H3/t11-,12+,13+,14-,15+,16+,19+/m1/s1. The zero-order valence-corrected chi connectivity index (χ0v) is 15.4. The molecular weight excluding hydrogens is 360 g/mol. The lowest BCUT2D eigenvalue weighted by Crippen LogP contribution is -2.52. The van der Waals surface area contributed by atoms with E-state index >= 15 is 0 Å². The van der Waals surface area contributed by atoms with Crippen LogP contribution in [0.4, 0.5) is 0 Å². The molecule has 0 unspecified atom stereocenters. The molecule has 0 aromatic carbocycles. The van der Waals surface area contributed by atoms with E-state index in [2.05, 4.69) is 19.7 Å². The van der Waals surface area contributed by atoms with Crippen LogP contribution in [-0.4, -0.2) is 51.9 Å². The first-order valence-corrected chi connectivity index (χ1v) is 9.05. The topological polar surface area (TPSA) is 93.1 Å². The summed E-state index contributed by atoms with van der Waals surface area (Å²) in [6.07, 6.45) is -2.04. The number of alkyl halides is 1. The van der Waals surface area contributed by atoms with Crippen LogP contribution in [0.15, 0.2) is 36.5 Å². The fourth-order valence-corrected chi connectivity index (χ4v) is 4.86. The molecule has 142 valence electrons. The first kappa shape index (κ1) is 19.1. The van der Waals surface area contributed by atoms with Crippen molar-refractivity contribution in [2.24, 2.45) is 17.8 Å². The lowest BCUT2D eigenvalue weighted by molar-refractivity contribution is -0.155. The summed E-state index contributed by atoms with van der Waals surface area (Å²) in [6.45, 7) is 13.0. The van der Waals surface area contributed by atoms with Crippen LogP contribution < -0.4 is 0 Å². The maximum atomic E-state index is 12.2. The summed E-state index contributed by atoms with van der Waals surface area (Å²) < 4.78 is 11.1. The van der Waals surface area contributed by atoms with E-state index in [1.807, 2.05) is 0 Å². The maximum Gasteiger partial charge on any atom is 0.334 e. The number of fused-ring (bicyclic) bond motifs is 3. The third-order valence-electron chi connectivity index (χ3n) is 5.89. The number of ether oxygens (including phenoxy) is 2. The summed E-state index contributed by atoms with van der Waals surface area (Å²) in [6, 6.07) is 0. The molecule has 7 heteroatoms. The van der Waals surface area contributed by atoms with Crippen molar-refractivity contribution in [2.75, 3.05) is 5.88 Å². The second-order valence-corrected chi connectivity index (χ2v) is 7.78. The minimum Gasteiger partial charge on any atom is -0.458 e. The average molecular weight is 383 g/mol. The highest BCUT2D eigenvalue weighted by Gasteiger charge is 2.64. The van der Waals surface area contributed by atoms with Gasteiger partial charge in [0.1, 0.15) is 17.8 Å². The molecular formula is C19H23ClO6. The largest absolute Gasteiger partial charge is 0.458 e. The molecule has 0 spiro atoms. The molecule has 0 aromatic rings. The number of hydrogen-bond acceptors (Lipinski definition) is 6. The van der Waals surface area contributed by atoms with Gasteiger partial charge in [0.2, 0.25) is 0 Å². The number of hydrogen-bond donors (Lipinski definition) is 2. The molecule has 0 radical (unpaired) electrons. The fourth-order valence-electron chi connectivity index (χ4n) is 4.50. The zero-order valence-electron chi connectivity index (χ0n) is 14.6. The first-order chi connectivity index (χ1) is 12.1. The van der Waals surface area contributed by atoms with Gasteiger partial charge in [0, 0.05) is 23.5 Å². The van der Waals surface area contributed by atoms with Gasteiger partial charge >= 0.3 is 11.9 Å². The molecule has 0 bridgehead atoms. The van der Waals surface area contributed by atoms with Crippen LogP contribution in [0.5, 0.6) is 0 Å². The van der Waals surface area contributed by atoms with Gasteiger partial charge in [-0.1, -0.05) is 25.3 Å². The van der Waals surface area contributed by atoms with Gasteiger partial charge in [-0.2, -0.15) is 0 Å². The Morgan fingerprint density at radius 3 is 2.69 bits per heavy atom. The molecule has 3 rings (SSSR count). The Morgan fingerprint density at radius 2 is 2.12 bits per heavy atom. The second kappa shape index (κ2) is 6.51. The summed E-state index contributed by atoms with van der Waals surface area (Å²) in [4.78, 5) is 24.3. The Bertz CT molecular complexity index is 700. The first-order valence-electron chi connectivity index (χ1n) is 8.52. The predicted octanol–water partition coefficient (Wildman–Crippen LogP) is 1.50. The van der Waals surface area contributed by atoms with Crippen molar-refractivity contribution in [3.63, 3.8) is 0 Å². The van der Waals surface area contributed by atoms with Crippen LogP contribution in [0.3, 0.4) is 0 Å². The summed E-state index contributed by atoms with van der Waals surface area (Å²) >= 11 is 5.99. The summed E-state index contributed by atoms with van der Waals surface area (Å²) in [5.41, 5.74) is -0.495. The number of carbonyl (C=O) groups is 2. The van der Waals surface area contributed by atoms with E-state index in [-0.39, 0.29) is 35.8 Å². The summed E-state index contributed by atoms with van der Waals surface area (Å²) in [5, 5.41) is 21.4. The van der Waals surface area contributed by atoms with Gasteiger partial charge in [0.15, 0.2) is 0 Å². The molecule has 1 aliphatic heterocycles. The second-order valence-electron chi connectivity index (χ2n) is 7.52. The number of rotatable bonds is 3. The Labute approximate surface area is 157 Å². The highest BCUT2D eigenvalue weighted by Crippen LogP contribution is 2.55. The van der Waals surface area contributed by atoms with Crippen LogP contribution in [0.2, 0.25) is 0 Å². The Morgan fingerprint density at radius 1 is 1.46 bits per heavy atom. The third kappa shape index (κ3) is 2.71. The molecule has 1 heterocycles. The van der Waals surface area contributed by atoms with Crippen molar-refractivity contribution in [1.29, 1.82) is 0 Å². The minimum atomic E-state index is -1.63. The molecule has 1 saturated heterocycles. The quantitative estimate of drug-likeness (QED) is 0.332. The number of esters is 2. The van der Waals surface area contributed by atoms with Gasteiger partial charge in [-0.25, -0.2) is 9.59 Å². The molecule has 26 heavy (non-hydrogen) atoms. The van der Waals surface area contributed by atoms with E-state index in [4.69, 9.17) is 21.1 Å². The summed E-state index contributed by atoms with van der Waals surface area (Å²) in [5.74, 6) is -2.99. The predicted molar refractivity (Wildman–Crippen MR) is 94.2 cm³/mol. The lowest BCUT2D eigenvalue weighted by Gasteiger charge is -2.37. The van der Waals surface area contributed by atoms with Crippen molar-refractivity contribution in [1.82, 2.24) is 0 Å². The van der Waals surface area contributed by atoms with Gasteiger partial charge in [-0.05, 0) is 19.3 Å². The van der Waals surface area contributed by atoms with Gasteiger partial charge in [-0.3, -0.25) is 0 Å². The van der Waals surface area contributed by atoms with Crippen LogP contribution in [0.25, 0.3) is 0 Å². The molecule has 0 aromatic heterocycles. The molecule has 2 aliphatic carbocycles. The van der Waals surface area contributed by atoms with E-state index in [1.54, 1.807) is 0 Å². The normalized spacial score (nSPS) is 41.9. The van der Waals surface area contributed by atoms with Crippen molar-refractivity contribution in [3.05, 3.63) is 36.5 Å². The number of carbonyl (C=O) groups excluding carboxylic acids is 2. The van der Waals surface area contributed by atoms with Gasteiger partial charge in [0.25, 0.3) is 0 Å². The van der Waals surface area contributed by atoms with E-state index in [0.717, 1.165) is 0 Å². The highest BCUT2D eigenvalue weighted by molar-refractivity contribution is 6.18. The average Bonchev–Trinajstić information content (AvgIpc) is 2.97. The SMILES string of the molecule is C=C(C)C(=O)O[C@H]1CC(=C)[C@H]2C[C@H](O)[C@@](O)(CCl)[C@@H]2[C@H]2OC(=O)C(=C)[C@@H]21. The van der Waals surface area contributed by atoms with E-state index in [0.29, 0.717) is 5.57 Å². The molecule has 2 N–H and O–H groups in total. The maximum absolute atomic E-state index is 12.2.